The molecule has 1 aliphatic heterocycles. The number of methoxy groups -OCH3 is 2. The lowest BCUT2D eigenvalue weighted by atomic mass is 10.00. The molecule has 0 spiro atoms. The van der Waals surface area contributed by atoms with Gasteiger partial charge in [-0.15, -0.1) is 0 Å². The minimum Gasteiger partial charge on any atom is -0.497 e. The fourth-order valence-electron chi connectivity index (χ4n) is 2.58. The quantitative estimate of drug-likeness (QED) is 0.941. The van der Waals surface area contributed by atoms with Crippen molar-refractivity contribution in [2.75, 3.05) is 27.4 Å². The summed E-state index contributed by atoms with van der Waals surface area (Å²) in [6.45, 7) is 2.35. The van der Waals surface area contributed by atoms with Gasteiger partial charge in [-0.2, -0.15) is 0 Å². The Labute approximate surface area is 124 Å². The lowest BCUT2D eigenvalue weighted by molar-refractivity contribution is 0.326. The number of rotatable bonds is 3. The molecule has 0 aliphatic carbocycles. The molecule has 1 aliphatic rings. The van der Waals surface area contributed by atoms with Crippen LogP contribution in [0.25, 0.3) is 11.1 Å². The van der Waals surface area contributed by atoms with Gasteiger partial charge in [0.15, 0.2) is 0 Å². The van der Waals surface area contributed by atoms with Gasteiger partial charge in [0.25, 0.3) is 0 Å². The van der Waals surface area contributed by atoms with Gasteiger partial charge in [0.2, 0.25) is 0 Å². The zero-order valence-corrected chi connectivity index (χ0v) is 12.3. The Morgan fingerprint density at radius 3 is 2.76 bits per heavy atom. The number of fused-ring (bicyclic) bond motifs is 1. The molecule has 1 N–H and O–H groups in total. The summed E-state index contributed by atoms with van der Waals surface area (Å²) in [4.78, 5) is 0. The van der Waals surface area contributed by atoms with Gasteiger partial charge >= 0.3 is 0 Å². The smallest absolute Gasteiger partial charge is 0.131 e. The van der Waals surface area contributed by atoms with Crippen LogP contribution in [0.4, 0.5) is 0 Å². The molecule has 4 heteroatoms. The van der Waals surface area contributed by atoms with Gasteiger partial charge in [0.1, 0.15) is 23.9 Å². The first-order chi connectivity index (χ1) is 10.3. The highest BCUT2D eigenvalue weighted by molar-refractivity contribution is 5.78. The molecule has 2 aromatic carbocycles. The van der Waals surface area contributed by atoms with E-state index in [9.17, 15) is 0 Å². The highest BCUT2D eigenvalue weighted by Gasteiger charge is 2.17. The van der Waals surface area contributed by atoms with E-state index in [1.807, 2.05) is 24.3 Å². The Hall–Kier alpha value is -2.20. The standard InChI is InChI=1S/C17H19NO3/c1-19-13-6-7-14(16(10-13)20-2)15-5-3-4-12-11-18-8-9-21-17(12)15/h3-7,10,18H,8-9,11H2,1-2H3. The molecule has 3 rings (SSSR count). The summed E-state index contributed by atoms with van der Waals surface area (Å²) in [5.74, 6) is 2.50. The van der Waals surface area contributed by atoms with Crippen LogP contribution in [-0.2, 0) is 6.54 Å². The summed E-state index contributed by atoms with van der Waals surface area (Å²) in [5.41, 5.74) is 3.23. The Morgan fingerprint density at radius 1 is 1.05 bits per heavy atom. The van der Waals surface area contributed by atoms with Gasteiger partial charge < -0.3 is 19.5 Å². The maximum Gasteiger partial charge on any atom is 0.131 e. The molecule has 0 bridgehead atoms. The molecule has 0 atom stereocenters. The van der Waals surface area contributed by atoms with Crippen molar-refractivity contribution >= 4 is 0 Å². The largest absolute Gasteiger partial charge is 0.497 e. The van der Waals surface area contributed by atoms with Crippen LogP contribution < -0.4 is 19.5 Å². The number of benzene rings is 2. The zero-order chi connectivity index (χ0) is 14.7. The first kappa shape index (κ1) is 13.8. The highest BCUT2D eigenvalue weighted by Crippen LogP contribution is 2.40. The SMILES string of the molecule is COc1ccc(-c2cccc3c2OCCNC3)c(OC)c1. The Balaban J connectivity index is 2.12. The molecule has 1 heterocycles. The summed E-state index contributed by atoms with van der Waals surface area (Å²) >= 11 is 0. The van der Waals surface area contributed by atoms with Crippen molar-refractivity contribution in [3.63, 3.8) is 0 Å². The number of nitrogens with one attached hydrogen (secondary N) is 1. The van der Waals surface area contributed by atoms with E-state index in [1.54, 1.807) is 14.2 Å². The average Bonchev–Trinajstić information content (AvgIpc) is 2.79. The maximum absolute atomic E-state index is 5.94. The fraction of sp³-hybridized carbons (Fsp3) is 0.294. The van der Waals surface area contributed by atoms with Gasteiger partial charge in [0.05, 0.1) is 14.2 Å². The lowest BCUT2D eigenvalue weighted by Crippen LogP contribution is -2.16. The van der Waals surface area contributed by atoms with Crippen LogP contribution in [0.15, 0.2) is 36.4 Å². The van der Waals surface area contributed by atoms with E-state index in [1.165, 1.54) is 5.56 Å². The molecule has 0 radical (unpaired) electrons. The second-order valence-corrected chi connectivity index (χ2v) is 4.89. The average molecular weight is 285 g/mol. The van der Waals surface area contributed by atoms with Gasteiger partial charge in [-0.1, -0.05) is 18.2 Å². The fourth-order valence-corrected chi connectivity index (χ4v) is 2.58. The third kappa shape index (κ3) is 2.67. The summed E-state index contributed by atoms with van der Waals surface area (Å²) < 4.78 is 16.7. The minimum atomic E-state index is 0.669. The molecule has 21 heavy (non-hydrogen) atoms. The summed E-state index contributed by atoms with van der Waals surface area (Å²) in [6.07, 6.45) is 0. The zero-order valence-electron chi connectivity index (χ0n) is 12.3. The van der Waals surface area contributed by atoms with Crippen molar-refractivity contribution in [2.45, 2.75) is 6.54 Å². The van der Waals surface area contributed by atoms with E-state index in [4.69, 9.17) is 14.2 Å². The molecule has 0 amide bonds. The van der Waals surface area contributed by atoms with Crippen molar-refractivity contribution in [1.29, 1.82) is 0 Å². The molecule has 0 saturated heterocycles. The molecule has 0 saturated carbocycles. The predicted octanol–water partition coefficient (Wildman–Crippen LogP) is 2.85. The van der Waals surface area contributed by atoms with Crippen LogP contribution in [0, 0.1) is 0 Å². The first-order valence-corrected chi connectivity index (χ1v) is 7.01. The molecule has 0 fully saturated rings. The molecule has 110 valence electrons. The number of para-hydroxylation sites is 1. The normalized spacial score (nSPS) is 13.8. The van der Waals surface area contributed by atoms with E-state index in [-0.39, 0.29) is 0 Å². The van der Waals surface area contributed by atoms with Gasteiger partial charge in [-0.05, 0) is 12.1 Å². The van der Waals surface area contributed by atoms with Gasteiger partial charge in [-0.25, -0.2) is 0 Å². The second-order valence-electron chi connectivity index (χ2n) is 4.89. The third-order valence-corrected chi connectivity index (χ3v) is 3.64. The van der Waals surface area contributed by atoms with Crippen LogP contribution in [0.5, 0.6) is 17.2 Å². The second kappa shape index (κ2) is 6.06. The number of ether oxygens (including phenoxy) is 3. The monoisotopic (exact) mass is 285 g/mol. The van der Waals surface area contributed by atoms with Crippen molar-refractivity contribution in [3.05, 3.63) is 42.0 Å². The number of hydrogen-bond donors (Lipinski definition) is 1. The highest BCUT2D eigenvalue weighted by atomic mass is 16.5. The third-order valence-electron chi connectivity index (χ3n) is 3.64. The summed E-state index contributed by atoms with van der Waals surface area (Å²) in [5, 5.41) is 3.35. The van der Waals surface area contributed by atoms with Crippen LogP contribution in [-0.4, -0.2) is 27.4 Å². The number of hydrogen-bond acceptors (Lipinski definition) is 4. The van der Waals surface area contributed by atoms with Crippen molar-refractivity contribution in [2.24, 2.45) is 0 Å². The Morgan fingerprint density at radius 2 is 1.95 bits per heavy atom. The van der Waals surface area contributed by atoms with Crippen molar-refractivity contribution in [1.82, 2.24) is 5.32 Å². The summed E-state index contributed by atoms with van der Waals surface area (Å²) in [7, 11) is 3.32. The Bertz CT molecular complexity index is 640. The van der Waals surface area contributed by atoms with E-state index < -0.39 is 0 Å². The van der Waals surface area contributed by atoms with Crippen LogP contribution >= 0.6 is 0 Å². The molecular formula is C17H19NO3. The van der Waals surface area contributed by atoms with E-state index in [0.29, 0.717) is 6.61 Å². The maximum atomic E-state index is 5.94. The van der Waals surface area contributed by atoms with E-state index >= 15 is 0 Å². The van der Waals surface area contributed by atoms with Crippen LogP contribution in [0.2, 0.25) is 0 Å². The lowest BCUT2D eigenvalue weighted by Gasteiger charge is -2.16. The van der Waals surface area contributed by atoms with Gasteiger partial charge in [0, 0.05) is 35.8 Å². The Kier molecular flexibility index (Phi) is 3.97. The minimum absolute atomic E-state index is 0.669. The van der Waals surface area contributed by atoms with Crippen LogP contribution in [0.3, 0.4) is 0 Å². The molecule has 0 unspecified atom stereocenters. The van der Waals surface area contributed by atoms with E-state index in [0.717, 1.165) is 41.5 Å². The first-order valence-electron chi connectivity index (χ1n) is 7.01. The molecule has 2 aromatic rings. The molecular weight excluding hydrogens is 266 g/mol. The van der Waals surface area contributed by atoms with Crippen LogP contribution in [0.1, 0.15) is 5.56 Å². The van der Waals surface area contributed by atoms with Crippen molar-refractivity contribution in [3.8, 4) is 28.4 Å². The van der Waals surface area contributed by atoms with Crippen molar-refractivity contribution < 1.29 is 14.2 Å². The van der Waals surface area contributed by atoms with Gasteiger partial charge in [-0.3, -0.25) is 0 Å². The molecule has 0 aromatic heterocycles. The topological polar surface area (TPSA) is 39.7 Å². The predicted molar refractivity (Wildman–Crippen MR) is 82.2 cm³/mol. The molecule has 4 nitrogen and oxygen atoms in total. The summed E-state index contributed by atoms with van der Waals surface area (Å²) in [6, 6.07) is 12.0. The van der Waals surface area contributed by atoms with E-state index in [2.05, 4.69) is 17.4 Å².